The SMILES string of the molecule is O=C(Nc1ccccc1Br)c1ccc(Br)nc1. The van der Waals surface area contributed by atoms with Crippen molar-refractivity contribution in [2.75, 3.05) is 5.32 Å². The Morgan fingerprint density at radius 3 is 2.53 bits per heavy atom. The van der Waals surface area contributed by atoms with Gasteiger partial charge in [-0.3, -0.25) is 4.79 Å². The van der Waals surface area contributed by atoms with E-state index in [4.69, 9.17) is 0 Å². The van der Waals surface area contributed by atoms with Gasteiger partial charge in [0.1, 0.15) is 4.60 Å². The molecular formula is C12H8Br2N2O. The summed E-state index contributed by atoms with van der Waals surface area (Å²) in [7, 11) is 0. The molecule has 0 atom stereocenters. The maximum atomic E-state index is 11.9. The average molecular weight is 356 g/mol. The van der Waals surface area contributed by atoms with Crippen molar-refractivity contribution in [3.05, 3.63) is 57.2 Å². The van der Waals surface area contributed by atoms with E-state index < -0.39 is 0 Å². The number of hydrogen-bond acceptors (Lipinski definition) is 2. The third-order valence-corrected chi connectivity index (χ3v) is 3.27. The zero-order valence-corrected chi connectivity index (χ0v) is 11.8. The molecule has 1 aromatic heterocycles. The Morgan fingerprint density at radius 1 is 1.12 bits per heavy atom. The van der Waals surface area contributed by atoms with E-state index in [-0.39, 0.29) is 5.91 Å². The number of anilines is 1. The quantitative estimate of drug-likeness (QED) is 0.831. The summed E-state index contributed by atoms with van der Waals surface area (Å²) in [5, 5.41) is 2.80. The standard InChI is InChI=1S/C12H8Br2N2O/c13-9-3-1-2-4-10(9)16-12(17)8-5-6-11(14)15-7-8/h1-7H,(H,16,17). The van der Waals surface area contributed by atoms with Crippen LogP contribution >= 0.6 is 31.9 Å². The summed E-state index contributed by atoms with van der Waals surface area (Å²) in [6, 6.07) is 10.9. The van der Waals surface area contributed by atoms with E-state index in [1.807, 2.05) is 24.3 Å². The molecule has 0 aliphatic heterocycles. The molecule has 2 aromatic rings. The normalized spacial score (nSPS) is 10.0. The van der Waals surface area contributed by atoms with E-state index in [1.165, 1.54) is 6.20 Å². The summed E-state index contributed by atoms with van der Waals surface area (Å²) in [6.07, 6.45) is 1.52. The number of amides is 1. The molecule has 0 bridgehead atoms. The number of carbonyl (C=O) groups is 1. The molecule has 0 spiro atoms. The van der Waals surface area contributed by atoms with Gasteiger partial charge in [-0.2, -0.15) is 0 Å². The van der Waals surface area contributed by atoms with Crippen molar-refractivity contribution in [1.82, 2.24) is 4.98 Å². The van der Waals surface area contributed by atoms with Crippen LogP contribution in [0.25, 0.3) is 0 Å². The number of para-hydroxylation sites is 1. The second-order valence-corrected chi connectivity index (χ2v) is 4.97. The van der Waals surface area contributed by atoms with Gasteiger partial charge >= 0.3 is 0 Å². The van der Waals surface area contributed by atoms with Gasteiger partial charge < -0.3 is 5.32 Å². The molecule has 1 heterocycles. The first-order valence-corrected chi connectivity index (χ1v) is 6.43. The van der Waals surface area contributed by atoms with Gasteiger partial charge in [0.2, 0.25) is 0 Å². The van der Waals surface area contributed by atoms with Crippen LogP contribution in [0, 0.1) is 0 Å². The number of hydrogen-bond donors (Lipinski definition) is 1. The number of aromatic nitrogens is 1. The van der Waals surface area contributed by atoms with E-state index >= 15 is 0 Å². The molecule has 1 amide bonds. The van der Waals surface area contributed by atoms with Gasteiger partial charge in [-0.05, 0) is 56.1 Å². The van der Waals surface area contributed by atoms with Gasteiger partial charge in [0.25, 0.3) is 5.91 Å². The van der Waals surface area contributed by atoms with Gasteiger partial charge in [-0.25, -0.2) is 4.98 Å². The largest absolute Gasteiger partial charge is 0.321 e. The highest BCUT2D eigenvalue weighted by Gasteiger charge is 2.07. The lowest BCUT2D eigenvalue weighted by Gasteiger charge is -2.06. The molecule has 0 radical (unpaired) electrons. The Kier molecular flexibility index (Phi) is 3.91. The van der Waals surface area contributed by atoms with Gasteiger partial charge in [0.15, 0.2) is 0 Å². The van der Waals surface area contributed by atoms with Crippen LogP contribution in [0.4, 0.5) is 5.69 Å². The molecule has 86 valence electrons. The summed E-state index contributed by atoms with van der Waals surface area (Å²) < 4.78 is 1.55. The molecule has 0 aliphatic carbocycles. The summed E-state index contributed by atoms with van der Waals surface area (Å²) in [5.74, 6) is -0.183. The maximum Gasteiger partial charge on any atom is 0.257 e. The van der Waals surface area contributed by atoms with Crippen LogP contribution in [0.3, 0.4) is 0 Å². The number of carbonyl (C=O) groups excluding carboxylic acids is 1. The smallest absolute Gasteiger partial charge is 0.257 e. The van der Waals surface area contributed by atoms with Crippen molar-refractivity contribution in [2.45, 2.75) is 0 Å². The van der Waals surface area contributed by atoms with Crippen molar-refractivity contribution < 1.29 is 4.79 Å². The zero-order chi connectivity index (χ0) is 12.3. The number of benzene rings is 1. The average Bonchev–Trinajstić information content (AvgIpc) is 2.33. The molecule has 17 heavy (non-hydrogen) atoms. The Balaban J connectivity index is 2.17. The molecule has 2 rings (SSSR count). The lowest BCUT2D eigenvalue weighted by Crippen LogP contribution is -2.12. The first-order chi connectivity index (χ1) is 8.16. The highest BCUT2D eigenvalue weighted by atomic mass is 79.9. The summed E-state index contributed by atoms with van der Waals surface area (Å²) in [4.78, 5) is 15.9. The van der Waals surface area contributed by atoms with Gasteiger partial charge in [-0.1, -0.05) is 12.1 Å². The fourth-order valence-electron chi connectivity index (χ4n) is 1.27. The Hall–Kier alpha value is -1.20. The van der Waals surface area contributed by atoms with E-state index in [9.17, 15) is 4.79 Å². The predicted octanol–water partition coefficient (Wildman–Crippen LogP) is 3.86. The van der Waals surface area contributed by atoms with E-state index in [2.05, 4.69) is 42.2 Å². The fraction of sp³-hybridized carbons (Fsp3) is 0. The lowest BCUT2D eigenvalue weighted by molar-refractivity contribution is 0.102. The van der Waals surface area contributed by atoms with E-state index in [0.29, 0.717) is 10.2 Å². The molecule has 5 heteroatoms. The lowest BCUT2D eigenvalue weighted by atomic mass is 10.2. The highest BCUT2D eigenvalue weighted by Crippen LogP contribution is 2.21. The number of nitrogens with zero attached hydrogens (tertiary/aromatic N) is 1. The molecular weight excluding hydrogens is 348 g/mol. The van der Waals surface area contributed by atoms with E-state index in [1.54, 1.807) is 12.1 Å². The molecule has 0 saturated heterocycles. The number of pyridine rings is 1. The highest BCUT2D eigenvalue weighted by molar-refractivity contribution is 9.10. The second-order valence-electron chi connectivity index (χ2n) is 3.30. The Morgan fingerprint density at radius 2 is 1.88 bits per heavy atom. The fourth-order valence-corrected chi connectivity index (χ4v) is 1.89. The van der Waals surface area contributed by atoms with E-state index in [0.717, 1.165) is 10.2 Å². The van der Waals surface area contributed by atoms with Crippen molar-refractivity contribution in [1.29, 1.82) is 0 Å². The summed E-state index contributed by atoms with van der Waals surface area (Å²) in [6.45, 7) is 0. The zero-order valence-electron chi connectivity index (χ0n) is 8.65. The first kappa shape index (κ1) is 12.3. The van der Waals surface area contributed by atoms with Crippen LogP contribution in [0.5, 0.6) is 0 Å². The monoisotopic (exact) mass is 354 g/mol. The van der Waals surface area contributed by atoms with Gasteiger partial charge in [-0.15, -0.1) is 0 Å². The van der Waals surface area contributed by atoms with Crippen LogP contribution < -0.4 is 5.32 Å². The van der Waals surface area contributed by atoms with Crippen LogP contribution in [0.15, 0.2) is 51.7 Å². The predicted molar refractivity (Wildman–Crippen MR) is 74.0 cm³/mol. The van der Waals surface area contributed by atoms with Crippen LogP contribution in [-0.4, -0.2) is 10.9 Å². The van der Waals surface area contributed by atoms with Gasteiger partial charge in [0.05, 0.1) is 11.3 Å². The third-order valence-electron chi connectivity index (χ3n) is 2.11. The molecule has 1 N–H and O–H groups in total. The van der Waals surface area contributed by atoms with Crippen molar-refractivity contribution in [3.63, 3.8) is 0 Å². The maximum absolute atomic E-state index is 11.9. The van der Waals surface area contributed by atoms with Crippen LogP contribution in [0.2, 0.25) is 0 Å². The first-order valence-electron chi connectivity index (χ1n) is 4.84. The van der Waals surface area contributed by atoms with Crippen molar-refractivity contribution >= 4 is 43.5 Å². The minimum absolute atomic E-state index is 0.183. The number of nitrogens with one attached hydrogen (secondary N) is 1. The molecule has 0 aliphatic rings. The summed E-state index contributed by atoms with van der Waals surface area (Å²) >= 11 is 6.59. The third kappa shape index (κ3) is 3.14. The minimum Gasteiger partial charge on any atom is -0.321 e. The minimum atomic E-state index is -0.183. The topological polar surface area (TPSA) is 42.0 Å². The molecule has 0 unspecified atom stereocenters. The Bertz CT molecular complexity index is 540. The van der Waals surface area contributed by atoms with Crippen LogP contribution in [0.1, 0.15) is 10.4 Å². The number of halogens is 2. The summed E-state index contributed by atoms with van der Waals surface area (Å²) in [5.41, 5.74) is 1.25. The number of rotatable bonds is 2. The molecule has 1 aromatic carbocycles. The molecule has 3 nitrogen and oxygen atoms in total. The van der Waals surface area contributed by atoms with Gasteiger partial charge in [0, 0.05) is 10.7 Å². The Labute approximate surface area is 116 Å². The van der Waals surface area contributed by atoms with Crippen molar-refractivity contribution in [2.24, 2.45) is 0 Å². The van der Waals surface area contributed by atoms with Crippen molar-refractivity contribution in [3.8, 4) is 0 Å². The second kappa shape index (κ2) is 5.42. The van der Waals surface area contributed by atoms with Crippen LogP contribution in [-0.2, 0) is 0 Å². The molecule has 0 fully saturated rings. The molecule has 0 saturated carbocycles.